The van der Waals surface area contributed by atoms with E-state index in [4.69, 9.17) is 4.74 Å². The van der Waals surface area contributed by atoms with Crippen molar-refractivity contribution in [3.8, 4) is 0 Å². The van der Waals surface area contributed by atoms with Crippen molar-refractivity contribution >= 4 is 27.8 Å². The molecule has 126 valence electrons. The SMILES string of the molecule is C[C@H](c1ccccc1)N(C)C(=O)COC(=O)c1ccc(Br)cc1F. The number of rotatable bonds is 5. The number of hydrogen-bond donors (Lipinski definition) is 0. The fourth-order valence-electron chi connectivity index (χ4n) is 2.13. The Morgan fingerprint density at radius 3 is 2.50 bits per heavy atom. The lowest BCUT2D eigenvalue weighted by Gasteiger charge is -2.25. The van der Waals surface area contributed by atoms with E-state index in [-0.39, 0.29) is 17.5 Å². The van der Waals surface area contributed by atoms with Crippen molar-refractivity contribution in [2.75, 3.05) is 13.7 Å². The molecule has 2 aromatic carbocycles. The van der Waals surface area contributed by atoms with Gasteiger partial charge in [-0.3, -0.25) is 4.79 Å². The molecule has 0 N–H and O–H groups in total. The number of carbonyl (C=O) groups excluding carboxylic acids is 2. The van der Waals surface area contributed by atoms with E-state index in [1.54, 1.807) is 7.05 Å². The standard InChI is InChI=1S/C18H17BrFNO3/c1-12(13-6-4-3-5-7-13)21(2)17(22)11-24-18(23)15-9-8-14(19)10-16(15)20/h3-10,12H,11H2,1-2H3/t12-/m1/s1. The third-order valence-electron chi connectivity index (χ3n) is 3.73. The molecule has 0 bridgehead atoms. The van der Waals surface area contributed by atoms with Gasteiger partial charge in [-0.1, -0.05) is 46.3 Å². The van der Waals surface area contributed by atoms with Crippen LogP contribution in [0.4, 0.5) is 4.39 Å². The molecule has 0 aromatic heterocycles. The van der Waals surface area contributed by atoms with Gasteiger partial charge in [0.15, 0.2) is 6.61 Å². The summed E-state index contributed by atoms with van der Waals surface area (Å²) < 4.78 is 19.2. The highest BCUT2D eigenvalue weighted by atomic mass is 79.9. The summed E-state index contributed by atoms with van der Waals surface area (Å²) in [5.74, 6) is -1.93. The van der Waals surface area contributed by atoms with Crippen LogP contribution in [0.1, 0.15) is 28.9 Å². The second-order valence-electron chi connectivity index (χ2n) is 5.29. The van der Waals surface area contributed by atoms with E-state index in [2.05, 4.69) is 15.9 Å². The lowest BCUT2D eigenvalue weighted by Crippen LogP contribution is -2.33. The Kier molecular flexibility index (Phi) is 6.09. The fraction of sp³-hybridized carbons (Fsp3) is 0.222. The number of ether oxygens (including phenoxy) is 1. The maximum atomic E-state index is 13.7. The van der Waals surface area contributed by atoms with Crippen LogP contribution < -0.4 is 0 Å². The van der Waals surface area contributed by atoms with E-state index in [1.165, 1.54) is 23.1 Å². The highest BCUT2D eigenvalue weighted by Gasteiger charge is 2.20. The van der Waals surface area contributed by atoms with Crippen LogP contribution >= 0.6 is 15.9 Å². The average molecular weight is 394 g/mol. The van der Waals surface area contributed by atoms with E-state index >= 15 is 0 Å². The molecule has 0 spiro atoms. The minimum atomic E-state index is -0.867. The van der Waals surface area contributed by atoms with Crippen molar-refractivity contribution in [2.24, 2.45) is 0 Å². The normalized spacial score (nSPS) is 11.7. The molecule has 24 heavy (non-hydrogen) atoms. The van der Waals surface area contributed by atoms with E-state index < -0.39 is 18.4 Å². The van der Waals surface area contributed by atoms with Gasteiger partial charge in [-0.2, -0.15) is 0 Å². The molecule has 0 unspecified atom stereocenters. The van der Waals surface area contributed by atoms with Gasteiger partial charge in [0.1, 0.15) is 5.82 Å². The number of esters is 1. The Morgan fingerprint density at radius 2 is 1.88 bits per heavy atom. The fourth-order valence-corrected chi connectivity index (χ4v) is 2.47. The molecule has 0 radical (unpaired) electrons. The number of likely N-dealkylation sites (N-methyl/N-ethyl adjacent to an activating group) is 1. The Hall–Kier alpha value is -2.21. The molecule has 2 aromatic rings. The van der Waals surface area contributed by atoms with Crippen LogP contribution in [0.5, 0.6) is 0 Å². The quantitative estimate of drug-likeness (QED) is 0.722. The molecular weight excluding hydrogens is 377 g/mol. The monoisotopic (exact) mass is 393 g/mol. The zero-order chi connectivity index (χ0) is 17.7. The van der Waals surface area contributed by atoms with Crippen LogP contribution in [0.3, 0.4) is 0 Å². The minimum Gasteiger partial charge on any atom is -0.452 e. The zero-order valence-corrected chi connectivity index (χ0v) is 14.9. The van der Waals surface area contributed by atoms with Gasteiger partial charge in [-0.05, 0) is 30.7 Å². The van der Waals surface area contributed by atoms with Gasteiger partial charge in [-0.25, -0.2) is 9.18 Å². The largest absolute Gasteiger partial charge is 0.452 e. The second-order valence-corrected chi connectivity index (χ2v) is 6.21. The summed E-state index contributed by atoms with van der Waals surface area (Å²) in [5, 5.41) is 0. The first-order valence-electron chi connectivity index (χ1n) is 7.33. The second kappa shape index (κ2) is 8.06. The molecule has 2 rings (SSSR count). The van der Waals surface area contributed by atoms with E-state index in [0.717, 1.165) is 5.56 Å². The van der Waals surface area contributed by atoms with Gasteiger partial charge < -0.3 is 9.64 Å². The van der Waals surface area contributed by atoms with Gasteiger partial charge in [0.2, 0.25) is 0 Å². The van der Waals surface area contributed by atoms with Crippen LogP contribution in [0.25, 0.3) is 0 Å². The Labute approximate surface area is 148 Å². The van der Waals surface area contributed by atoms with Gasteiger partial charge in [0.25, 0.3) is 5.91 Å². The molecule has 0 saturated heterocycles. The predicted octanol–water partition coefficient (Wildman–Crippen LogP) is 3.96. The smallest absolute Gasteiger partial charge is 0.341 e. The topological polar surface area (TPSA) is 46.6 Å². The first kappa shape index (κ1) is 18.1. The van der Waals surface area contributed by atoms with Crippen molar-refractivity contribution in [1.29, 1.82) is 0 Å². The summed E-state index contributed by atoms with van der Waals surface area (Å²) in [5.41, 5.74) is 0.767. The van der Waals surface area contributed by atoms with Crippen molar-refractivity contribution < 1.29 is 18.7 Å². The van der Waals surface area contributed by atoms with Crippen LogP contribution in [0.15, 0.2) is 53.0 Å². The van der Waals surface area contributed by atoms with Crippen LogP contribution in [-0.2, 0) is 9.53 Å². The first-order valence-corrected chi connectivity index (χ1v) is 8.12. The maximum absolute atomic E-state index is 13.7. The van der Waals surface area contributed by atoms with Gasteiger partial charge >= 0.3 is 5.97 Å². The molecule has 4 nitrogen and oxygen atoms in total. The summed E-state index contributed by atoms with van der Waals surface area (Å²) in [6.07, 6.45) is 0. The van der Waals surface area contributed by atoms with E-state index in [9.17, 15) is 14.0 Å². The summed E-state index contributed by atoms with van der Waals surface area (Å²) >= 11 is 3.11. The molecule has 0 aliphatic heterocycles. The highest BCUT2D eigenvalue weighted by Crippen LogP contribution is 2.19. The van der Waals surface area contributed by atoms with Gasteiger partial charge in [0, 0.05) is 11.5 Å². The van der Waals surface area contributed by atoms with Crippen molar-refractivity contribution in [1.82, 2.24) is 4.90 Å². The summed E-state index contributed by atoms with van der Waals surface area (Å²) in [6, 6.07) is 13.3. The molecule has 0 saturated carbocycles. The number of amides is 1. The molecule has 0 aliphatic rings. The number of benzene rings is 2. The third kappa shape index (κ3) is 4.41. The Bertz CT molecular complexity index is 736. The zero-order valence-electron chi connectivity index (χ0n) is 13.3. The Morgan fingerprint density at radius 1 is 1.21 bits per heavy atom. The van der Waals surface area contributed by atoms with Crippen LogP contribution in [0, 0.1) is 5.82 Å². The number of halogens is 2. The average Bonchev–Trinajstić information content (AvgIpc) is 2.58. The van der Waals surface area contributed by atoms with Crippen molar-refractivity contribution in [2.45, 2.75) is 13.0 Å². The highest BCUT2D eigenvalue weighted by molar-refractivity contribution is 9.10. The Balaban J connectivity index is 1.96. The number of hydrogen-bond acceptors (Lipinski definition) is 3. The predicted molar refractivity (Wildman–Crippen MR) is 92.0 cm³/mol. The molecule has 0 fully saturated rings. The summed E-state index contributed by atoms with van der Waals surface area (Å²) in [7, 11) is 1.63. The van der Waals surface area contributed by atoms with Crippen molar-refractivity contribution in [3.63, 3.8) is 0 Å². The molecule has 0 aliphatic carbocycles. The molecule has 1 amide bonds. The molecular formula is C18H17BrFNO3. The molecule has 0 heterocycles. The lowest BCUT2D eigenvalue weighted by molar-refractivity contribution is -0.135. The summed E-state index contributed by atoms with van der Waals surface area (Å²) in [4.78, 5) is 25.6. The number of carbonyl (C=O) groups is 2. The molecule has 1 atom stereocenters. The molecule has 6 heteroatoms. The number of nitrogens with zero attached hydrogens (tertiary/aromatic N) is 1. The maximum Gasteiger partial charge on any atom is 0.341 e. The van der Waals surface area contributed by atoms with Crippen molar-refractivity contribution in [3.05, 3.63) is 69.9 Å². The van der Waals surface area contributed by atoms with Gasteiger partial charge in [-0.15, -0.1) is 0 Å². The van der Waals surface area contributed by atoms with E-state index in [0.29, 0.717) is 4.47 Å². The van der Waals surface area contributed by atoms with E-state index in [1.807, 2.05) is 37.3 Å². The minimum absolute atomic E-state index is 0.165. The third-order valence-corrected chi connectivity index (χ3v) is 4.23. The van der Waals surface area contributed by atoms with Crippen LogP contribution in [-0.4, -0.2) is 30.4 Å². The van der Waals surface area contributed by atoms with Gasteiger partial charge in [0.05, 0.1) is 11.6 Å². The first-order chi connectivity index (χ1) is 11.4. The van der Waals surface area contributed by atoms with Crippen LogP contribution in [0.2, 0.25) is 0 Å². The lowest BCUT2D eigenvalue weighted by atomic mass is 10.1. The summed E-state index contributed by atoms with van der Waals surface area (Å²) in [6.45, 7) is 1.44.